The van der Waals surface area contributed by atoms with Crippen molar-refractivity contribution < 1.29 is 22.6 Å². The number of halogens is 3. The summed E-state index contributed by atoms with van der Waals surface area (Å²) in [7, 11) is 1.52. The van der Waals surface area contributed by atoms with E-state index in [0.717, 1.165) is 11.8 Å². The van der Waals surface area contributed by atoms with Crippen LogP contribution >= 0.6 is 0 Å². The summed E-state index contributed by atoms with van der Waals surface area (Å²) < 4.78 is 51.1. The van der Waals surface area contributed by atoms with Crippen LogP contribution in [0.4, 0.5) is 24.8 Å². The smallest absolute Gasteiger partial charge is 0.423 e. The standard InChI is InChI=1S/C21H20F3N3O2/c1-3-27(17-11-7-8-12-18(17)28-2)20-25-13-16(21(22,23)24)19(26-20)29-14-15-9-5-4-6-10-15/h4-13H,3,14H2,1-2H3. The Morgan fingerprint density at radius 3 is 2.34 bits per heavy atom. The SMILES string of the molecule is CCN(c1ncc(C(F)(F)F)c(OCc2ccccc2)n1)c1ccccc1OC. The third-order valence-electron chi connectivity index (χ3n) is 4.20. The Hall–Kier alpha value is -3.29. The summed E-state index contributed by atoms with van der Waals surface area (Å²) in [4.78, 5) is 9.70. The zero-order valence-corrected chi connectivity index (χ0v) is 16.0. The fraction of sp³-hybridized carbons (Fsp3) is 0.238. The Balaban J connectivity index is 1.99. The monoisotopic (exact) mass is 403 g/mol. The van der Waals surface area contributed by atoms with Gasteiger partial charge in [0.2, 0.25) is 11.8 Å². The Morgan fingerprint density at radius 2 is 1.69 bits per heavy atom. The van der Waals surface area contributed by atoms with Crippen molar-refractivity contribution >= 4 is 11.6 Å². The number of aromatic nitrogens is 2. The summed E-state index contributed by atoms with van der Waals surface area (Å²) in [6, 6.07) is 16.1. The molecular weight excluding hydrogens is 383 g/mol. The molecule has 0 aliphatic heterocycles. The lowest BCUT2D eigenvalue weighted by molar-refractivity contribution is -0.139. The van der Waals surface area contributed by atoms with Crippen LogP contribution in [0.5, 0.6) is 11.6 Å². The Kier molecular flexibility index (Phi) is 6.21. The maximum atomic E-state index is 13.4. The lowest BCUT2D eigenvalue weighted by atomic mass is 10.2. The second-order valence-corrected chi connectivity index (χ2v) is 6.08. The number of hydrogen-bond acceptors (Lipinski definition) is 5. The second kappa shape index (κ2) is 8.81. The summed E-state index contributed by atoms with van der Waals surface area (Å²) in [5, 5.41) is 0. The van der Waals surface area contributed by atoms with Gasteiger partial charge in [0, 0.05) is 12.7 Å². The average Bonchev–Trinajstić information content (AvgIpc) is 2.73. The van der Waals surface area contributed by atoms with E-state index in [-0.39, 0.29) is 12.6 Å². The van der Waals surface area contributed by atoms with Crippen LogP contribution in [-0.4, -0.2) is 23.6 Å². The van der Waals surface area contributed by atoms with Crippen molar-refractivity contribution in [2.24, 2.45) is 0 Å². The van der Waals surface area contributed by atoms with Crippen molar-refractivity contribution in [1.82, 2.24) is 9.97 Å². The fourth-order valence-electron chi connectivity index (χ4n) is 2.79. The van der Waals surface area contributed by atoms with E-state index in [1.807, 2.05) is 13.0 Å². The molecule has 0 saturated carbocycles. The van der Waals surface area contributed by atoms with E-state index >= 15 is 0 Å². The van der Waals surface area contributed by atoms with Gasteiger partial charge in [-0.15, -0.1) is 0 Å². The van der Waals surface area contributed by atoms with Crippen molar-refractivity contribution in [3.05, 3.63) is 71.9 Å². The highest BCUT2D eigenvalue weighted by molar-refractivity contribution is 5.65. The predicted molar refractivity (Wildman–Crippen MR) is 103 cm³/mol. The van der Waals surface area contributed by atoms with Crippen molar-refractivity contribution in [3.8, 4) is 11.6 Å². The Labute approximate surface area is 166 Å². The van der Waals surface area contributed by atoms with E-state index in [1.165, 1.54) is 7.11 Å². The number of anilines is 2. The lowest BCUT2D eigenvalue weighted by Crippen LogP contribution is -2.21. The van der Waals surface area contributed by atoms with Gasteiger partial charge in [0.25, 0.3) is 0 Å². The van der Waals surface area contributed by atoms with Gasteiger partial charge >= 0.3 is 6.18 Å². The summed E-state index contributed by atoms with van der Waals surface area (Å²) in [5.41, 5.74) is 0.359. The maximum absolute atomic E-state index is 13.4. The van der Waals surface area contributed by atoms with E-state index in [4.69, 9.17) is 9.47 Å². The first-order valence-corrected chi connectivity index (χ1v) is 8.95. The molecule has 5 nitrogen and oxygen atoms in total. The zero-order chi connectivity index (χ0) is 20.9. The quantitative estimate of drug-likeness (QED) is 0.540. The largest absolute Gasteiger partial charge is 0.495 e. The van der Waals surface area contributed by atoms with Gasteiger partial charge < -0.3 is 14.4 Å². The van der Waals surface area contributed by atoms with E-state index in [0.29, 0.717) is 18.0 Å². The first-order chi connectivity index (χ1) is 13.9. The van der Waals surface area contributed by atoms with Crippen LogP contribution < -0.4 is 14.4 Å². The molecule has 0 spiro atoms. The van der Waals surface area contributed by atoms with Crippen molar-refractivity contribution in [2.75, 3.05) is 18.6 Å². The molecular formula is C21H20F3N3O2. The van der Waals surface area contributed by atoms with Crippen LogP contribution in [0.15, 0.2) is 60.8 Å². The molecule has 0 radical (unpaired) electrons. The molecule has 0 aliphatic rings. The molecule has 0 unspecified atom stereocenters. The number of ether oxygens (including phenoxy) is 2. The number of nitrogens with zero attached hydrogens (tertiary/aromatic N) is 3. The van der Waals surface area contributed by atoms with E-state index < -0.39 is 17.6 Å². The van der Waals surface area contributed by atoms with Gasteiger partial charge in [-0.2, -0.15) is 18.2 Å². The highest BCUT2D eigenvalue weighted by Crippen LogP contribution is 2.37. The molecule has 1 aromatic heterocycles. The van der Waals surface area contributed by atoms with Crippen LogP contribution in [-0.2, 0) is 12.8 Å². The van der Waals surface area contributed by atoms with Crippen LogP contribution in [0.1, 0.15) is 18.1 Å². The van der Waals surface area contributed by atoms with E-state index in [1.54, 1.807) is 53.4 Å². The highest BCUT2D eigenvalue weighted by Gasteiger charge is 2.36. The summed E-state index contributed by atoms with van der Waals surface area (Å²) in [6.07, 6.45) is -3.88. The van der Waals surface area contributed by atoms with Crippen LogP contribution in [0.3, 0.4) is 0 Å². The molecule has 0 bridgehead atoms. The first kappa shape index (κ1) is 20.4. The van der Waals surface area contributed by atoms with Crippen molar-refractivity contribution in [2.45, 2.75) is 19.7 Å². The van der Waals surface area contributed by atoms with Gasteiger partial charge in [-0.3, -0.25) is 0 Å². The van der Waals surface area contributed by atoms with Crippen LogP contribution in [0.25, 0.3) is 0 Å². The highest BCUT2D eigenvalue weighted by atomic mass is 19.4. The molecule has 3 rings (SSSR count). The number of para-hydroxylation sites is 2. The topological polar surface area (TPSA) is 47.5 Å². The number of benzene rings is 2. The fourth-order valence-corrected chi connectivity index (χ4v) is 2.79. The molecule has 29 heavy (non-hydrogen) atoms. The van der Waals surface area contributed by atoms with Gasteiger partial charge in [0.05, 0.1) is 12.8 Å². The van der Waals surface area contributed by atoms with Gasteiger partial charge in [-0.1, -0.05) is 42.5 Å². The number of alkyl halides is 3. The minimum atomic E-state index is -4.63. The van der Waals surface area contributed by atoms with E-state index in [9.17, 15) is 13.2 Å². The van der Waals surface area contributed by atoms with Crippen molar-refractivity contribution in [1.29, 1.82) is 0 Å². The molecule has 0 atom stereocenters. The zero-order valence-electron chi connectivity index (χ0n) is 16.0. The molecule has 152 valence electrons. The van der Waals surface area contributed by atoms with Gasteiger partial charge in [-0.05, 0) is 24.6 Å². The van der Waals surface area contributed by atoms with Gasteiger partial charge in [-0.25, -0.2) is 4.98 Å². The van der Waals surface area contributed by atoms with Crippen LogP contribution in [0.2, 0.25) is 0 Å². The normalized spacial score (nSPS) is 11.2. The van der Waals surface area contributed by atoms with E-state index in [2.05, 4.69) is 9.97 Å². The molecule has 8 heteroatoms. The molecule has 2 aromatic carbocycles. The Morgan fingerprint density at radius 1 is 1.00 bits per heavy atom. The van der Waals surface area contributed by atoms with Crippen LogP contribution in [0, 0.1) is 0 Å². The minimum Gasteiger partial charge on any atom is -0.495 e. The molecule has 3 aromatic rings. The first-order valence-electron chi connectivity index (χ1n) is 8.95. The molecule has 0 amide bonds. The molecule has 0 fully saturated rings. The Bertz CT molecular complexity index is 949. The number of hydrogen-bond donors (Lipinski definition) is 0. The van der Waals surface area contributed by atoms with Gasteiger partial charge in [0.15, 0.2) is 0 Å². The minimum absolute atomic E-state index is 0.0405. The third kappa shape index (κ3) is 4.77. The predicted octanol–water partition coefficient (Wildman–Crippen LogP) is 5.24. The third-order valence-corrected chi connectivity index (χ3v) is 4.20. The summed E-state index contributed by atoms with van der Waals surface area (Å²) >= 11 is 0. The molecule has 0 aliphatic carbocycles. The van der Waals surface area contributed by atoms with Gasteiger partial charge in [0.1, 0.15) is 17.9 Å². The lowest BCUT2D eigenvalue weighted by Gasteiger charge is -2.24. The molecule has 0 saturated heterocycles. The van der Waals surface area contributed by atoms with Crippen molar-refractivity contribution in [3.63, 3.8) is 0 Å². The molecule has 0 N–H and O–H groups in total. The number of rotatable bonds is 7. The maximum Gasteiger partial charge on any atom is 0.423 e. The second-order valence-electron chi connectivity index (χ2n) is 6.08. The summed E-state index contributed by atoms with van der Waals surface area (Å²) in [6.45, 7) is 2.23. The summed E-state index contributed by atoms with van der Waals surface area (Å²) in [5.74, 6) is 0.136. The molecule has 1 heterocycles. The average molecular weight is 403 g/mol. The number of methoxy groups -OCH3 is 1.